The summed E-state index contributed by atoms with van der Waals surface area (Å²) in [6, 6.07) is 11.9. The summed E-state index contributed by atoms with van der Waals surface area (Å²) in [5.41, 5.74) is 4.13. The number of pyridine rings is 1. The standard InChI is InChI=1S/C24H29N5O2/c1-3-18-6-7-29(16-18)24(30)27-20-5-4-17(2)22(14-20)19-12-21(15-25)26-23(13-19)28-8-10-31-11-9-28/h4-5,12-14,18H,3,6-11,16H2,1-2H3,(H,27,30)/t18-/m1/s1. The first-order valence-electron chi connectivity index (χ1n) is 11.0. The van der Waals surface area contributed by atoms with Crippen LogP contribution in [0.5, 0.6) is 0 Å². The Labute approximate surface area is 183 Å². The molecule has 0 bridgehead atoms. The van der Waals surface area contributed by atoms with Gasteiger partial charge in [-0.05, 0) is 60.2 Å². The van der Waals surface area contributed by atoms with Crippen LogP contribution in [0.15, 0.2) is 30.3 Å². The molecule has 31 heavy (non-hydrogen) atoms. The third kappa shape index (κ3) is 4.80. The van der Waals surface area contributed by atoms with Crippen molar-refractivity contribution in [2.24, 2.45) is 5.92 Å². The number of carbonyl (C=O) groups excluding carboxylic acids is 1. The zero-order valence-corrected chi connectivity index (χ0v) is 18.2. The summed E-state index contributed by atoms with van der Waals surface area (Å²) in [5, 5.41) is 12.6. The van der Waals surface area contributed by atoms with E-state index >= 15 is 0 Å². The van der Waals surface area contributed by atoms with Crippen molar-refractivity contribution in [2.75, 3.05) is 49.6 Å². The lowest BCUT2D eigenvalue weighted by molar-refractivity contribution is 0.122. The normalized spacial score (nSPS) is 18.7. The number of rotatable bonds is 4. The highest BCUT2D eigenvalue weighted by molar-refractivity contribution is 5.90. The number of morpholine rings is 1. The molecule has 2 saturated heterocycles. The van der Waals surface area contributed by atoms with Gasteiger partial charge in [0.1, 0.15) is 17.6 Å². The summed E-state index contributed by atoms with van der Waals surface area (Å²) >= 11 is 0. The maximum Gasteiger partial charge on any atom is 0.321 e. The highest BCUT2D eigenvalue weighted by Crippen LogP contribution is 2.30. The number of benzene rings is 1. The van der Waals surface area contributed by atoms with Crippen molar-refractivity contribution in [1.29, 1.82) is 5.26 Å². The number of likely N-dealkylation sites (tertiary alicyclic amines) is 1. The number of ether oxygens (including phenoxy) is 1. The quantitative estimate of drug-likeness (QED) is 0.809. The molecule has 0 spiro atoms. The van der Waals surface area contributed by atoms with Crippen LogP contribution in [-0.2, 0) is 4.74 Å². The van der Waals surface area contributed by atoms with E-state index in [2.05, 4.69) is 28.2 Å². The van der Waals surface area contributed by atoms with E-state index in [0.29, 0.717) is 24.8 Å². The Morgan fingerprint density at radius 3 is 2.77 bits per heavy atom. The fraction of sp³-hybridized carbons (Fsp3) is 0.458. The second kappa shape index (κ2) is 9.36. The lowest BCUT2D eigenvalue weighted by atomic mass is 9.99. The molecular formula is C24H29N5O2. The van der Waals surface area contributed by atoms with Crippen LogP contribution in [0.2, 0.25) is 0 Å². The van der Waals surface area contributed by atoms with E-state index in [1.807, 2.05) is 42.2 Å². The summed E-state index contributed by atoms with van der Waals surface area (Å²) in [6.45, 7) is 8.66. The predicted molar refractivity (Wildman–Crippen MR) is 121 cm³/mol. The molecule has 1 aromatic carbocycles. The van der Waals surface area contributed by atoms with Gasteiger partial charge in [-0.2, -0.15) is 5.26 Å². The molecule has 2 aliphatic rings. The number of urea groups is 1. The maximum atomic E-state index is 12.7. The van der Waals surface area contributed by atoms with Gasteiger partial charge in [0.25, 0.3) is 0 Å². The third-order valence-electron chi connectivity index (χ3n) is 6.21. The number of nitrogens with zero attached hydrogens (tertiary/aromatic N) is 4. The number of anilines is 2. The van der Waals surface area contributed by atoms with Gasteiger partial charge in [-0.15, -0.1) is 0 Å². The van der Waals surface area contributed by atoms with Crippen molar-refractivity contribution in [2.45, 2.75) is 26.7 Å². The number of hydrogen-bond donors (Lipinski definition) is 1. The number of nitrogens with one attached hydrogen (secondary N) is 1. The van der Waals surface area contributed by atoms with E-state index < -0.39 is 0 Å². The Morgan fingerprint density at radius 2 is 2.06 bits per heavy atom. The van der Waals surface area contributed by atoms with E-state index in [1.165, 1.54) is 0 Å². The molecule has 1 N–H and O–H groups in total. The van der Waals surface area contributed by atoms with Crippen LogP contribution in [0, 0.1) is 24.2 Å². The lowest BCUT2D eigenvalue weighted by Crippen LogP contribution is -2.36. The SMILES string of the molecule is CC[C@@H]1CCN(C(=O)Nc2ccc(C)c(-c3cc(C#N)nc(N4CCOCC4)c3)c2)C1. The molecule has 0 radical (unpaired) electrons. The fourth-order valence-corrected chi connectivity index (χ4v) is 4.25. The summed E-state index contributed by atoms with van der Waals surface area (Å²) in [5.74, 6) is 1.38. The average molecular weight is 420 g/mol. The van der Waals surface area contributed by atoms with Crippen molar-refractivity contribution in [3.63, 3.8) is 0 Å². The first-order chi connectivity index (χ1) is 15.1. The number of nitriles is 1. The molecular weight excluding hydrogens is 390 g/mol. The van der Waals surface area contributed by atoms with Gasteiger partial charge in [-0.25, -0.2) is 9.78 Å². The van der Waals surface area contributed by atoms with Crippen molar-refractivity contribution < 1.29 is 9.53 Å². The van der Waals surface area contributed by atoms with E-state index in [4.69, 9.17) is 4.74 Å². The number of carbonyl (C=O) groups is 1. The Hall–Kier alpha value is -3.11. The minimum absolute atomic E-state index is 0.0489. The fourth-order valence-electron chi connectivity index (χ4n) is 4.25. The summed E-state index contributed by atoms with van der Waals surface area (Å²) in [6.07, 6.45) is 2.18. The number of aromatic nitrogens is 1. The summed E-state index contributed by atoms with van der Waals surface area (Å²) < 4.78 is 5.44. The Morgan fingerprint density at radius 1 is 1.26 bits per heavy atom. The van der Waals surface area contributed by atoms with Crippen LogP contribution >= 0.6 is 0 Å². The van der Waals surface area contributed by atoms with Crippen molar-refractivity contribution in [3.05, 3.63) is 41.6 Å². The van der Waals surface area contributed by atoms with Crippen molar-refractivity contribution in [3.8, 4) is 17.2 Å². The molecule has 3 heterocycles. The van der Waals surface area contributed by atoms with Crippen LogP contribution in [0.1, 0.15) is 31.0 Å². The van der Waals surface area contributed by atoms with Gasteiger partial charge >= 0.3 is 6.03 Å². The number of hydrogen-bond acceptors (Lipinski definition) is 5. The van der Waals surface area contributed by atoms with Gasteiger partial charge in [0.15, 0.2) is 0 Å². The molecule has 162 valence electrons. The second-order valence-corrected chi connectivity index (χ2v) is 8.28. The van der Waals surface area contributed by atoms with Crippen molar-refractivity contribution >= 4 is 17.5 Å². The molecule has 0 unspecified atom stereocenters. The van der Waals surface area contributed by atoms with Crippen LogP contribution in [0.25, 0.3) is 11.1 Å². The van der Waals surface area contributed by atoms with Gasteiger partial charge in [-0.3, -0.25) is 0 Å². The van der Waals surface area contributed by atoms with E-state index in [-0.39, 0.29) is 6.03 Å². The summed E-state index contributed by atoms with van der Waals surface area (Å²) in [7, 11) is 0. The number of aryl methyl sites for hydroxylation is 1. The zero-order chi connectivity index (χ0) is 21.8. The topological polar surface area (TPSA) is 81.5 Å². The van der Waals surface area contributed by atoms with Crippen LogP contribution in [0.4, 0.5) is 16.3 Å². The minimum Gasteiger partial charge on any atom is -0.378 e. The lowest BCUT2D eigenvalue weighted by Gasteiger charge is -2.28. The molecule has 2 aliphatic heterocycles. The Bertz CT molecular complexity index is 994. The first kappa shape index (κ1) is 21.1. The van der Waals surface area contributed by atoms with Gasteiger partial charge in [0.05, 0.1) is 13.2 Å². The van der Waals surface area contributed by atoms with Crippen LogP contribution in [-0.4, -0.2) is 55.3 Å². The predicted octanol–water partition coefficient (Wildman–Crippen LogP) is 4.03. The molecule has 1 aromatic heterocycles. The summed E-state index contributed by atoms with van der Waals surface area (Å²) in [4.78, 5) is 21.3. The molecule has 0 aliphatic carbocycles. The number of amides is 2. The zero-order valence-electron chi connectivity index (χ0n) is 18.2. The van der Waals surface area contributed by atoms with E-state index in [0.717, 1.165) is 67.2 Å². The smallest absolute Gasteiger partial charge is 0.321 e. The Balaban J connectivity index is 1.59. The van der Waals surface area contributed by atoms with E-state index in [9.17, 15) is 10.1 Å². The monoisotopic (exact) mass is 419 g/mol. The van der Waals surface area contributed by atoms with Crippen LogP contribution < -0.4 is 10.2 Å². The first-order valence-corrected chi connectivity index (χ1v) is 11.0. The molecule has 4 rings (SSSR count). The van der Waals surface area contributed by atoms with Gasteiger partial charge in [-0.1, -0.05) is 19.4 Å². The molecule has 7 heteroatoms. The molecule has 1 atom stereocenters. The maximum absolute atomic E-state index is 12.7. The van der Waals surface area contributed by atoms with Crippen molar-refractivity contribution in [1.82, 2.24) is 9.88 Å². The largest absolute Gasteiger partial charge is 0.378 e. The molecule has 2 fully saturated rings. The van der Waals surface area contributed by atoms with Gasteiger partial charge < -0.3 is 19.9 Å². The highest BCUT2D eigenvalue weighted by atomic mass is 16.5. The molecule has 2 amide bonds. The molecule has 0 saturated carbocycles. The van der Waals surface area contributed by atoms with E-state index in [1.54, 1.807) is 0 Å². The highest BCUT2D eigenvalue weighted by Gasteiger charge is 2.25. The van der Waals surface area contributed by atoms with Crippen LogP contribution in [0.3, 0.4) is 0 Å². The second-order valence-electron chi connectivity index (χ2n) is 8.28. The average Bonchev–Trinajstić information content (AvgIpc) is 3.30. The molecule has 7 nitrogen and oxygen atoms in total. The minimum atomic E-state index is -0.0489. The molecule has 2 aromatic rings. The van der Waals surface area contributed by atoms with Gasteiger partial charge in [0.2, 0.25) is 0 Å². The third-order valence-corrected chi connectivity index (χ3v) is 6.21. The Kier molecular flexibility index (Phi) is 6.38. The van der Waals surface area contributed by atoms with Gasteiger partial charge in [0, 0.05) is 31.9 Å².